The van der Waals surface area contributed by atoms with Crippen molar-refractivity contribution in [1.29, 1.82) is 0 Å². The molecule has 0 aromatic carbocycles. The summed E-state index contributed by atoms with van der Waals surface area (Å²) in [4.78, 5) is 16.8. The number of aromatic nitrogens is 3. The molecule has 1 heterocycles. The molecule has 1 N–H and O–H groups in total. The van der Waals surface area contributed by atoms with Crippen LogP contribution in [0, 0.1) is 0 Å². The Balaban J connectivity index is 1.77. The Bertz CT molecular complexity index is 423. The van der Waals surface area contributed by atoms with Gasteiger partial charge in [0.2, 0.25) is 0 Å². The summed E-state index contributed by atoms with van der Waals surface area (Å²) in [5.74, 6) is 0.113. The number of nitrogens with one attached hydrogen (secondary N) is 1. The minimum absolute atomic E-state index is 0.166. The third kappa shape index (κ3) is 3.99. The van der Waals surface area contributed by atoms with Crippen LogP contribution in [0.1, 0.15) is 39.7 Å². The van der Waals surface area contributed by atoms with Crippen molar-refractivity contribution in [1.82, 2.24) is 20.2 Å². The van der Waals surface area contributed by atoms with E-state index in [0.717, 1.165) is 5.16 Å². The van der Waals surface area contributed by atoms with Crippen molar-refractivity contribution in [2.45, 2.75) is 50.4 Å². The molecule has 0 aliphatic heterocycles. The van der Waals surface area contributed by atoms with Gasteiger partial charge in [0.1, 0.15) is 6.33 Å². The largest absolute Gasteiger partial charge is 0.306 e. The molecule has 0 unspecified atom stereocenters. The van der Waals surface area contributed by atoms with Crippen LogP contribution < -0.4 is 5.48 Å². The van der Waals surface area contributed by atoms with E-state index in [1.807, 2.05) is 25.3 Å². The molecule has 1 aliphatic rings. The minimum atomic E-state index is -0.381. The van der Waals surface area contributed by atoms with E-state index in [-0.39, 0.29) is 17.3 Å². The van der Waals surface area contributed by atoms with Gasteiger partial charge in [-0.05, 0) is 33.6 Å². The summed E-state index contributed by atoms with van der Waals surface area (Å²) in [6.07, 6.45) is 4.07. The van der Waals surface area contributed by atoms with Gasteiger partial charge < -0.3 is 4.57 Å². The molecule has 6 nitrogen and oxygen atoms in total. The lowest BCUT2D eigenvalue weighted by Crippen LogP contribution is -2.34. The molecular weight excluding hydrogens is 252 g/mol. The highest BCUT2D eigenvalue weighted by molar-refractivity contribution is 7.99. The zero-order valence-corrected chi connectivity index (χ0v) is 11.7. The summed E-state index contributed by atoms with van der Waals surface area (Å²) < 4.78 is 2.03. The van der Waals surface area contributed by atoms with Gasteiger partial charge in [-0.2, -0.15) is 0 Å². The van der Waals surface area contributed by atoms with Crippen molar-refractivity contribution in [3.05, 3.63) is 6.33 Å². The zero-order chi connectivity index (χ0) is 13.2. The maximum atomic E-state index is 11.6. The van der Waals surface area contributed by atoms with Crippen LogP contribution in [-0.4, -0.2) is 32.0 Å². The van der Waals surface area contributed by atoms with Gasteiger partial charge in [0.15, 0.2) is 5.16 Å². The first-order valence-electron chi connectivity index (χ1n) is 5.95. The average molecular weight is 270 g/mol. The first kappa shape index (κ1) is 13.4. The van der Waals surface area contributed by atoms with Gasteiger partial charge in [-0.15, -0.1) is 10.2 Å². The van der Waals surface area contributed by atoms with Gasteiger partial charge in [0, 0.05) is 6.04 Å². The Labute approximate surface area is 110 Å². The normalized spacial score (nSPS) is 15.7. The SMILES string of the molecule is CC(C)(C)ONC(=O)CSc1nncn1C1CC1. The van der Waals surface area contributed by atoms with Crippen LogP contribution in [0.25, 0.3) is 0 Å². The first-order chi connectivity index (χ1) is 8.46. The van der Waals surface area contributed by atoms with E-state index >= 15 is 0 Å². The summed E-state index contributed by atoms with van der Waals surface area (Å²) in [6.45, 7) is 5.64. The molecule has 7 heteroatoms. The second-order valence-corrected chi connectivity index (χ2v) is 6.22. The maximum absolute atomic E-state index is 11.6. The van der Waals surface area contributed by atoms with Gasteiger partial charge in [0.25, 0.3) is 5.91 Å². The molecule has 0 atom stereocenters. The molecule has 18 heavy (non-hydrogen) atoms. The molecule has 100 valence electrons. The van der Waals surface area contributed by atoms with E-state index in [1.165, 1.54) is 24.6 Å². The summed E-state index contributed by atoms with van der Waals surface area (Å²) >= 11 is 1.38. The number of carbonyl (C=O) groups is 1. The number of hydrogen-bond donors (Lipinski definition) is 1. The highest BCUT2D eigenvalue weighted by Gasteiger charge is 2.26. The lowest BCUT2D eigenvalue weighted by Gasteiger charge is -2.18. The monoisotopic (exact) mass is 270 g/mol. The van der Waals surface area contributed by atoms with Crippen molar-refractivity contribution < 1.29 is 9.63 Å². The Morgan fingerprint density at radius 1 is 1.61 bits per heavy atom. The quantitative estimate of drug-likeness (QED) is 0.649. The second kappa shape index (κ2) is 5.27. The first-order valence-corrected chi connectivity index (χ1v) is 6.93. The van der Waals surface area contributed by atoms with Crippen molar-refractivity contribution in [2.75, 3.05) is 5.75 Å². The van der Waals surface area contributed by atoms with Crippen LogP contribution in [0.5, 0.6) is 0 Å². The van der Waals surface area contributed by atoms with Gasteiger partial charge in [-0.1, -0.05) is 11.8 Å². The second-order valence-electron chi connectivity index (χ2n) is 5.28. The summed E-state index contributed by atoms with van der Waals surface area (Å²) in [5.41, 5.74) is 2.05. The molecule has 0 saturated heterocycles. The molecule has 1 aromatic rings. The van der Waals surface area contributed by atoms with Crippen LogP contribution in [0.3, 0.4) is 0 Å². The Morgan fingerprint density at radius 2 is 2.33 bits per heavy atom. The van der Waals surface area contributed by atoms with Crippen molar-refractivity contribution in [2.24, 2.45) is 0 Å². The highest BCUT2D eigenvalue weighted by Crippen LogP contribution is 2.37. The number of hydroxylamine groups is 1. The molecule has 1 aromatic heterocycles. The van der Waals surface area contributed by atoms with Gasteiger partial charge in [-0.25, -0.2) is 5.48 Å². The molecule has 0 spiro atoms. The van der Waals surface area contributed by atoms with E-state index in [9.17, 15) is 4.79 Å². The standard InChI is InChI=1S/C11H18N4O2S/c1-11(2,3)17-14-9(16)6-18-10-13-12-7-15(10)8-4-5-8/h7-8H,4-6H2,1-3H3,(H,14,16). The molecule has 0 radical (unpaired) electrons. The molecule has 1 fully saturated rings. The van der Waals surface area contributed by atoms with Crippen molar-refractivity contribution >= 4 is 17.7 Å². The zero-order valence-electron chi connectivity index (χ0n) is 10.8. The number of hydrogen-bond acceptors (Lipinski definition) is 5. The van der Waals surface area contributed by atoms with Crippen LogP contribution in [-0.2, 0) is 9.63 Å². The van der Waals surface area contributed by atoms with E-state index < -0.39 is 0 Å². The molecule has 1 aliphatic carbocycles. The predicted octanol–water partition coefficient (Wildman–Crippen LogP) is 1.55. The fourth-order valence-corrected chi connectivity index (χ4v) is 2.08. The lowest BCUT2D eigenvalue weighted by atomic mass is 10.2. The number of carbonyl (C=O) groups excluding carboxylic acids is 1. The number of nitrogens with zero attached hydrogens (tertiary/aromatic N) is 3. The third-order valence-corrected chi connectivity index (χ3v) is 3.24. The lowest BCUT2D eigenvalue weighted by molar-refractivity contribution is -0.142. The molecule has 1 amide bonds. The molecular formula is C11H18N4O2S. The fraction of sp³-hybridized carbons (Fsp3) is 0.727. The van der Waals surface area contributed by atoms with E-state index in [0.29, 0.717) is 6.04 Å². The smallest absolute Gasteiger partial charge is 0.254 e. The van der Waals surface area contributed by atoms with Gasteiger partial charge in [-0.3, -0.25) is 9.63 Å². The average Bonchev–Trinajstić information content (AvgIpc) is 3.02. The summed E-state index contributed by atoms with van der Waals surface area (Å²) in [6, 6.07) is 0.524. The Hall–Kier alpha value is -1.08. The predicted molar refractivity (Wildman–Crippen MR) is 68.0 cm³/mol. The van der Waals surface area contributed by atoms with E-state index in [4.69, 9.17) is 4.84 Å². The van der Waals surface area contributed by atoms with Crippen LogP contribution >= 0.6 is 11.8 Å². The van der Waals surface area contributed by atoms with Crippen molar-refractivity contribution in [3.8, 4) is 0 Å². The molecule has 1 saturated carbocycles. The third-order valence-electron chi connectivity index (χ3n) is 2.28. The maximum Gasteiger partial charge on any atom is 0.254 e. The summed E-state index contributed by atoms with van der Waals surface area (Å²) in [7, 11) is 0. The van der Waals surface area contributed by atoms with Crippen LogP contribution in [0.2, 0.25) is 0 Å². The van der Waals surface area contributed by atoms with E-state index in [2.05, 4.69) is 15.7 Å². The summed E-state index contributed by atoms with van der Waals surface area (Å²) in [5, 5.41) is 8.68. The fourth-order valence-electron chi connectivity index (χ4n) is 1.31. The minimum Gasteiger partial charge on any atom is -0.306 e. The Kier molecular flexibility index (Phi) is 3.91. The van der Waals surface area contributed by atoms with Gasteiger partial charge in [0.05, 0.1) is 11.4 Å². The van der Waals surface area contributed by atoms with Gasteiger partial charge >= 0.3 is 0 Å². The van der Waals surface area contributed by atoms with Crippen molar-refractivity contribution in [3.63, 3.8) is 0 Å². The highest BCUT2D eigenvalue weighted by atomic mass is 32.2. The topological polar surface area (TPSA) is 69.0 Å². The number of amides is 1. The Morgan fingerprint density at radius 3 is 2.94 bits per heavy atom. The van der Waals surface area contributed by atoms with E-state index in [1.54, 1.807) is 6.33 Å². The molecule has 0 bridgehead atoms. The number of thioether (sulfide) groups is 1. The molecule has 2 rings (SSSR count). The van der Waals surface area contributed by atoms with Crippen LogP contribution in [0.4, 0.5) is 0 Å². The number of rotatable bonds is 5. The van der Waals surface area contributed by atoms with Crippen LogP contribution in [0.15, 0.2) is 11.5 Å².